The van der Waals surface area contributed by atoms with E-state index < -0.39 is 21.8 Å². The molecule has 0 unspecified atom stereocenters. The minimum atomic E-state index is -3.49. The summed E-state index contributed by atoms with van der Waals surface area (Å²) in [5, 5.41) is 5.12. The molecule has 0 aliphatic carbocycles. The van der Waals surface area contributed by atoms with Crippen molar-refractivity contribution in [1.82, 2.24) is 19.3 Å². The highest BCUT2D eigenvalue weighted by atomic mass is 32.2. The second kappa shape index (κ2) is 9.67. The number of hydrogen-bond donors (Lipinski definition) is 2. The molecule has 0 bridgehead atoms. The molecule has 0 saturated heterocycles. The number of pyridine rings is 2. The molecule has 34 heavy (non-hydrogen) atoms. The van der Waals surface area contributed by atoms with Crippen molar-refractivity contribution in [2.75, 3.05) is 18.1 Å². The van der Waals surface area contributed by atoms with E-state index in [0.717, 1.165) is 26.9 Å². The second-order valence-electron chi connectivity index (χ2n) is 7.45. The van der Waals surface area contributed by atoms with Crippen LogP contribution in [0.25, 0.3) is 22.4 Å². The predicted octanol–water partition coefficient (Wildman–Crippen LogP) is 2.79. The van der Waals surface area contributed by atoms with E-state index in [-0.39, 0.29) is 12.1 Å². The SMILES string of the molecule is CS(=O)(=O)n1ccc(C(=O)NCC(=O)Nc2cccc(-c3cccc(-c4ccncc4)c3)n2)c1. The number of nitrogens with zero attached hydrogens (tertiary/aromatic N) is 3. The van der Waals surface area contributed by atoms with Gasteiger partial charge in [0.2, 0.25) is 15.9 Å². The molecule has 0 saturated carbocycles. The number of amides is 2. The lowest BCUT2D eigenvalue weighted by Gasteiger charge is -2.09. The van der Waals surface area contributed by atoms with E-state index in [1.54, 1.807) is 24.5 Å². The lowest BCUT2D eigenvalue weighted by atomic mass is 10.0. The molecular weight excluding hydrogens is 454 g/mol. The Morgan fingerprint density at radius 3 is 2.41 bits per heavy atom. The zero-order chi connectivity index (χ0) is 24.1. The first kappa shape index (κ1) is 22.9. The van der Waals surface area contributed by atoms with Crippen LogP contribution < -0.4 is 10.6 Å². The Morgan fingerprint density at radius 2 is 1.68 bits per heavy atom. The number of aromatic nitrogens is 3. The van der Waals surface area contributed by atoms with Gasteiger partial charge in [0, 0.05) is 30.4 Å². The summed E-state index contributed by atoms with van der Waals surface area (Å²) in [5.41, 5.74) is 3.74. The smallest absolute Gasteiger partial charge is 0.253 e. The first-order valence-corrected chi connectivity index (χ1v) is 12.1. The van der Waals surface area contributed by atoms with Gasteiger partial charge in [0.15, 0.2) is 0 Å². The standard InChI is InChI=1S/C24H21N5O4S/c1-34(32,33)29-13-10-20(16-29)24(31)26-15-23(30)28-22-7-3-6-21(27-22)19-5-2-4-18(14-19)17-8-11-25-12-9-17/h2-14,16H,15H2,1H3,(H,26,31)(H,27,28,30). The third kappa shape index (κ3) is 5.54. The molecule has 0 radical (unpaired) electrons. The Balaban J connectivity index is 1.40. The van der Waals surface area contributed by atoms with Crippen molar-refractivity contribution in [2.45, 2.75) is 0 Å². The highest BCUT2D eigenvalue weighted by Gasteiger charge is 2.13. The van der Waals surface area contributed by atoms with Gasteiger partial charge in [-0.3, -0.25) is 18.5 Å². The minimum Gasteiger partial charge on any atom is -0.343 e. The Labute approximate surface area is 196 Å². The van der Waals surface area contributed by atoms with Crippen LogP contribution in [-0.4, -0.2) is 47.0 Å². The third-order valence-corrected chi connectivity index (χ3v) is 5.90. The van der Waals surface area contributed by atoms with Crippen molar-refractivity contribution in [2.24, 2.45) is 0 Å². The zero-order valence-electron chi connectivity index (χ0n) is 18.2. The van der Waals surface area contributed by atoms with Gasteiger partial charge in [-0.25, -0.2) is 13.4 Å². The first-order valence-electron chi connectivity index (χ1n) is 10.2. The average Bonchev–Trinajstić information content (AvgIpc) is 3.35. The first-order chi connectivity index (χ1) is 16.3. The fourth-order valence-electron chi connectivity index (χ4n) is 3.23. The van der Waals surface area contributed by atoms with Crippen LogP contribution in [0.5, 0.6) is 0 Å². The molecule has 3 heterocycles. The number of hydrogen-bond acceptors (Lipinski definition) is 6. The van der Waals surface area contributed by atoms with E-state index in [0.29, 0.717) is 11.5 Å². The van der Waals surface area contributed by atoms with Crippen molar-refractivity contribution in [1.29, 1.82) is 0 Å². The van der Waals surface area contributed by atoms with Gasteiger partial charge in [-0.1, -0.05) is 24.3 Å². The summed E-state index contributed by atoms with van der Waals surface area (Å²) in [6.45, 7) is -0.299. The van der Waals surface area contributed by atoms with Gasteiger partial charge in [-0.15, -0.1) is 0 Å². The average molecular weight is 476 g/mol. The molecule has 2 amide bonds. The number of benzene rings is 1. The van der Waals surface area contributed by atoms with Gasteiger partial charge in [-0.05, 0) is 47.5 Å². The molecule has 0 atom stereocenters. The molecular formula is C24H21N5O4S. The van der Waals surface area contributed by atoms with Gasteiger partial charge >= 0.3 is 0 Å². The molecule has 0 aliphatic heterocycles. The van der Waals surface area contributed by atoms with E-state index in [1.807, 2.05) is 42.5 Å². The van der Waals surface area contributed by atoms with Crippen LogP contribution in [0.4, 0.5) is 5.82 Å². The maximum atomic E-state index is 12.3. The summed E-state index contributed by atoms with van der Waals surface area (Å²) >= 11 is 0. The molecule has 2 N–H and O–H groups in total. The Bertz CT molecular complexity index is 1450. The number of rotatable bonds is 7. The maximum absolute atomic E-state index is 12.3. The summed E-state index contributed by atoms with van der Waals surface area (Å²) in [4.78, 5) is 33.1. The van der Waals surface area contributed by atoms with E-state index in [4.69, 9.17) is 0 Å². The number of carbonyl (C=O) groups excluding carboxylic acids is 2. The van der Waals surface area contributed by atoms with E-state index in [9.17, 15) is 18.0 Å². The van der Waals surface area contributed by atoms with E-state index in [2.05, 4.69) is 20.6 Å². The summed E-state index contributed by atoms with van der Waals surface area (Å²) in [6, 6.07) is 18.4. The van der Waals surface area contributed by atoms with Gasteiger partial charge < -0.3 is 10.6 Å². The molecule has 1 aromatic carbocycles. The molecule has 4 rings (SSSR count). The minimum absolute atomic E-state index is 0.132. The molecule has 0 aliphatic rings. The van der Waals surface area contributed by atoms with Crippen LogP contribution in [0.3, 0.4) is 0 Å². The molecule has 4 aromatic rings. The highest BCUT2D eigenvalue weighted by molar-refractivity contribution is 7.89. The monoisotopic (exact) mass is 475 g/mol. The fraction of sp³-hybridized carbons (Fsp3) is 0.0833. The molecule has 9 nitrogen and oxygen atoms in total. The molecule has 0 fully saturated rings. The van der Waals surface area contributed by atoms with Gasteiger partial charge in [0.25, 0.3) is 5.91 Å². The largest absolute Gasteiger partial charge is 0.343 e. The van der Waals surface area contributed by atoms with Crippen molar-refractivity contribution < 1.29 is 18.0 Å². The van der Waals surface area contributed by atoms with Crippen LogP contribution >= 0.6 is 0 Å². The zero-order valence-corrected chi connectivity index (χ0v) is 19.0. The van der Waals surface area contributed by atoms with Crippen molar-refractivity contribution in [3.8, 4) is 22.4 Å². The molecule has 10 heteroatoms. The van der Waals surface area contributed by atoms with Gasteiger partial charge in [0.1, 0.15) is 5.82 Å². The summed E-state index contributed by atoms with van der Waals surface area (Å²) in [6.07, 6.45) is 6.95. The van der Waals surface area contributed by atoms with Crippen molar-refractivity contribution >= 4 is 27.7 Å². The topological polar surface area (TPSA) is 123 Å². The van der Waals surface area contributed by atoms with Gasteiger partial charge in [0.05, 0.1) is 24.1 Å². The Morgan fingerprint density at radius 1 is 0.941 bits per heavy atom. The van der Waals surface area contributed by atoms with E-state index >= 15 is 0 Å². The normalized spacial score (nSPS) is 11.1. The summed E-state index contributed by atoms with van der Waals surface area (Å²) in [7, 11) is -3.49. The second-order valence-corrected chi connectivity index (χ2v) is 9.34. The molecule has 0 spiro atoms. The van der Waals surface area contributed by atoms with Crippen LogP contribution in [0.1, 0.15) is 10.4 Å². The molecule has 3 aromatic heterocycles. The number of carbonyl (C=O) groups is 2. The predicted molar refractivity (Wildman–Crippen MR) is 129 cm³/mol. The maximum Gasteiger partial charge on any atom is 0.253 e. The van der Waals surface area contributed by atoms with Crippen LogP contribution in [0.15, 0.2) is 85.5 Å². The Kier molecular flexibility index (Phi) is 6.51. The van der Waals surface area contributed by atoms with Crippen LogP contribution in [0, 0.1) is 0 Å². The molecule has 172 valence electrons. The van der Waals surface area contributed by atoms with Crippen LogP contribution in [-0.2, 0) is 14.8 Å². The van der Waals surface area contributed by atoms with Crippen molar-refractivity contribution in [3.05, 3.63) is 91.0 Å². The highest BCUT2D eigenvalue weighted by Crippen LogP contribution is 2.25. The van der Waals surface area contributed by atoms with E-state index in [1.165, 1.54) is 18.5 Å². The van der Waals surface area contributed by atoms with Crippen LogP contribution in [0.2, 0.25) is 0 Å². The van der Waals surface area contributed by atoms with Gasteiger partial charge in [-0.2, -0.15) is 0 Å². The Hall–Kier alpha value is -4.31. The fourth-order valence-corrected chi connectivity index (χ4v) is 3.82. The number of anilines is 1. The lowest BCUT2D eigenvalue weighted by Crippen LogP contribution is -2.32. The summed E-state index contributed by atoms with van der Waals surface area (Å²) in [5.74, 6) is -0.687. The summed E-state index contributed by atoms with van der Waals surface area (Å²) < 4.78 is 24.0. The van der Waals surface area contributed by atoms with Crippen molar-refractivity contribution in [3.63, 3.8) is 0 Å². The lowest BCUT2D eigenvalue weighted by molar-refractivity contribution is -0.115. The quantitative estimate of drug-likeness (QED) is 0.424. The number of nitrogens with one attached hydrogen (secondary N) is 2. The third-order valence-electron chi connectivity index (χ3n) is 4.91.